The zero-order valence-electron chi connectivity index (χ0n) is 7.09. The average Bonchev–Trinajstić information content (AvgIpc) is 2.44. The number of aromatic amines is 1. The maximum absolute atomic E-state index is 3.76. The number of para-hydroxylation sites is 1. The molecule has 0 spiro atoms. The van der Waals surface area contributed by atoms with Crippen LogP contribution in [0, 0.1) is 6.92 Å². The van der Waals surface area contributed by atoms with Crippen molar-refractivity contribution in [2.24, 2.45) is 0 Å². The van der Waals surface area contributed by atoms with Gasteiger partial charge in [-0.15, -0.1) is 0 Å². The number of nitrogens with one attached hydrogen (secondary N) is 1. The summed E-state index contributed by atoms with van der Waals surface area (Å²) in [5, 5.41) is 1.28. The molecule has 0 aliphatic heterocycles. The molecule has 0 unspecified atom stereocenters. The molecule has 1 aromatic carbocycles. The highest BCUT2D eigenvalue weighted by molar-refractivity contribution is 5.86. The van der Waals surface area contributed by atoms with Crippen LogP contribution in [0.1, 0.15) is 18.7 Å². The van der Waals surface area contributed by atoms with Gasteiger partial charge in [-0.2, -0.15) is 0 Å². The lowest BCUT2D eigenvalue weighted by molar-refractivity contribution is 1.38. The van der Waals surface area contributed by atoms with E-state index in [1.165, 1.54) is 16.5 Å². The largest absolute Gasteiger partial charge is 0.355 e. The van der Waals surface area contributed by atoms with E-state index in [0.29, 0.717) is 0 Å². The van der Waals surface area contributed by atoms with Gasteiger partial charge in [0.2, 0.25) is 0 Å². The Bertz CT molecular complexity index is 424. The van der Waals surface area contributed by atoms with Crippen molar-refractivity contribution >= 4 is 17.0 Å². The van der Waals surface area contributed by atoms with Crippen LogP contribution in [0.25, 0.3) is 17.0 Å². The second-order valence-electron chi connectivity index (χ2n) is 2.91. The van der Waals surface area contributed by atoms with E-state index in [1.807, 2.05) is 12.1 Å². The lowest BCUT2D eigenvalue weighted by atomic mass is 10.1. The molecule has 0 atom stereocenters. The predicted octanol–water partition coefficient (Wildman–Crippen LogP) is 3.76. The third-order valence-electron chi connectivity index (χ3n) is 2.21. The first-order valence-electron chi connectivity index (χ1n) is 4.02. The summed E-state index contributed by atoms with van der Waals surface area (Å²) in [5.74, 6) is 0. The Morgan fingerprint density at radius 2 is 2.00 bits per heavy atom. The minimum Gasteiger partial charge on any atom is -0.355 e. The van der Waals surface area contributed by atoms with Crippen LogP contribution in [0.3, 0.4) is 0 Å². The van der Waals surface area contributed by atoms with Crippen molar-refractivity contribution in [3.8, 4) is 0 Å². The van der Waals surface area contributed by atoms with Gasteiger partial charge in [0.15, 0.2) is 0 Å². The summed E-state index contributed by atoms with van der Waals surface area (Å²) in [6, 6.07) is 8.28. The van der Waals surface area contributed by atoms with Gasteiger partial charge in [-0.05, 0) is 24.6 Å². The minimum absolute atomic E-state index is 0. The topological polar surface area (TPSA) is 15.8 Å². The molecule has 1 heteroatoms. The van der Waals surface area contributed by atoms with E-state index in [9.17, 15) is 0 Å². The number of fused-ring (bicyclic) bond motifs is 1. The van der Waals surface area contributed by atoms with Gasteiger partial charge in [0, 0.05) is 16.6 Å². The number of hydrogen-bond acceptors (Lipinski definition) is 0. The van der Waals surface area contributed by atoms with Gasteiger partial charge in [-0.3, -0.25) is 0 Å². The normalized spacial score (nSPS) is 9.62. The van der Waals surface area contributed by atoms with Crippen LogP contribution in [0.4, 0.5) is 0 Å². The van der Waals surface area contributed by atoms with Crippen LogP contribution in [0.2, 0.25) is 0 Å². The molecule has 0 saturated carbocycles. The Hall–Kier alpha value is -1.50. The molecule has 1 nitrogen and oxygen atoms in total. The summed E-state index contributed by atoms with van der Waals surface area (Å²) in [4.78, 5) is 3.30. The molecule has 0 fully saturated rings. The highest BCUT2D eigenvalue weighted by Gasteiger charge is 2.02. The molecular weight excluding hydrogens is 158 g/mol. The van der Waals surface area contributed by atoms with Crippen molar-refractivity contribution in [2.45, 2.75) is 14.4 Å². The van der Waals surface area contributed by atoms with E-state index in [4.69, 9.17) is 0 Å². The fourth-order valence-corrected chi connectivity index (χ4v) is 1.51. The van der Waals surface area contributed by atoms with E-state index in [-0.39, 0.29) is 7.43 Å². The highest BCUT2D eigenvalue weighted by atomic mass is 14.7. The lowest BCUT2D eigenvalue weighted by Crippen LogP contribution is -1.71. The van der Waals surface area contributed by atoms with E-state index < -0.39 is 0 Å². The van der Waals surface area contributed by atoms with Gasteiger partial charge in [-0.1, -0.05) is 32.2 Å². The van der Waals surface area contributed by atoms with E-state index in [1.54, 1.807) is 0 Å². The molecule has 0 radical (unpaired) electrons. The van der Waals surface area contributed by atoms with Gasteiger partial charge in [0.1, 0.15) is 0 Å². The van der Waals surface area contributed by atoms with E-state index in [2.05, 4.69) is 36.7 Å². The van der Waals surface area contributed by atoms with E-state index in [0.717, 1.165) is 5.69 Å². The van der Waals surface area contributed by atoms with Gasteiger partial charge in [0.25, 0.3) is 0 Å². The Balaban J connectivity index is 0.000000845. The van der Waals surface area contributed by atoms with E-state index >= 15 is 0 Å². The Morgan fingerprint density at radius 1 is 1.31 bits per heavy atom. The molecule has 1 heterocycles. The maximum atomic E-state index is 3.76. The first-order valence-corrected chi connectivity index (χ1v) is 4.02. The van der Waals surface area contributed by atoms with Crippen LogP contribution in [-0.4, -0.2) is 4.98 Å². The summed E-state index contributed by atoms with van der Waals surface area (Å²) in [6.07, 6.45) is 1.86. The van der Waals surface area contributed by atoms with Gasteiger partial charge in [0.05, 0.1) is 0 Å². The molecule has 1 aromatic heterocycles. The van der Waals surface area contributed by atoms with Crippen LogP contribution in [-0.2, 0) is 0 Å². The van der Waals surface area contributed by atoms with Crippen LogP contribution in [0.15, 0.2) is 30.8 Å². The third-order valence-corrected chi connectivity index (χ3v) is 2.21. The van der Waals surface area contributed by atoms with Crippen LogP contribution in [0.5, 0.6) is 0 Å². The second-order valence-corrected chi connectivity index (χ2v) is 2.91. The zero-order chi connectivity index (χ0) is 8.55. The number of aromatic nitrogens is 1. The maximum Gasteiger partial charge on any atom is 0.0461 e. The van der Waals surface area contributed by atoms with Gasteiger partial charge < -0.3 is 4.98 Å². The molecule has 0 amide bonds. The molecule has 0 aliphatic carbocycles. The molecular formula is C12H15N. The monoisotopic (exact) mass is 173 g/mol. The molecule has 1 N–H and O–H groups in total. The first-order chi connectivity index (χ1) is 5.83. The molecule has 68 valence electrons. The predicted molar refractivity (Wildman–Crippen MR) is 59.9 cm³/mol. The smallest absolute Gasteiger partial charge is 0.0461 e. The standard InChI is InChI=1S/C11H11N.CH4/c1-3-10-8(2)9-6-4-5-7-11(9)12-10;/h3-7,12H,1H2,2H3;1H4. The van der Waals surface area contributed by atoms with Crippen LogP contribution < -0.4 is 0 Å². The first kappa shape index (κ1) is 9.59. The third kappa shape index (κ3) is 1.37. The van der Waals surface area contributed by atoms with Crippen molar-refractivity contribution in [2.75, 3.05) is 0 Å². The zero-order valence-corrected chi connectivity index (χ0v) is 7.09. The van der Waals surface area contributed by atoms with Gasteiger partial charge >= 0.3 is 0 Å². The summed E-state index contributed by atoms with van der Waals surface area (Å²) in [7, 11) is 0. The molecule has 0 aliphatic rings. The summed E-state index contributed by atoms with van der Waals surface area (Å²) in [6.45, 7) is 5.86. The molecule has 0 bridgehead atoms. The molecule has 13 heavy (non-hydrogen) atoms. The quantitative estimate of drug-likeness (QED) is 0.676. The fourth-order valence-electron chi connectivity index (χ4n) is 1.51. The Labute approximate surface area is 79.1 Å². The second kappa shape index (κ2) is 3.48. The molecule has 0 saturated heterocycles. The van der Waals surface area contributed by atoms with Crippen molar-refractivity contribution in [1.82, 2.24) is 4.98 Å². The van der Waals surface area contributed by atoms with Crippen LogP contribution >= 0.6 is 0 Å². The summed E-state index contributed by atoms with van der Waals surface area (Å²) >= 11 is 0. The number of hydrogen-bond donors (Lipinski definition) is 1. The Kier molecular flexibility index (Phi) is 2.57. The van der Waals surface area contributed by atoms with Crippen molar-refractivity contribution in [3.63, 3.8) is 0 Å². The summed E-state index contributed by atoms with van der Waals surface area (Å²) in [5.41, 5.74) is 3.58. The highest BCUT2D eigenvalue weighted by Crippen LogP contribution is 2.21. The Morgan fingerprint density at radius 3 is 2.62 bits per heavy atom. The number of H-pyrrole nitrogens is 1. The van der Waals surface area contributed by atoms with Crippen molar-refractivity contribution in [1.29, 1.82) is 0 Å². The number of rotatable bonds is 1. The lowest BCUT2D eigenvalue weighted by Gasteiger charge is -1.88. The SMILES string of the molecule is C.C=Cc1[nH]c2ccccc2c1C. The average molecular weight is 173 g/mol. The summed E-state index contributed by atoms with van der Waals surface area (Å²) < 4.78 is 0. The van der Waals surface area contributed by atoms with Crippen molar-refractivity contribution in [3.05, 3.63) is 42.1 Å². The van der Waals surface area contributed by atoms with Crippen molar-refractivity contribution < 1.29 is 0 Å². The fraction of sp³-hybridized carbons (Fsp3) is 0.167. The van der Waals surface area contributed by atoms with Gasteiger partial charge in [-0.25, -0.2) is 0 Å². The minimum atomic E-state index is 0. The number of benzene rings is 1. The number of aryl methyl sites for hydroxylation is 1. The molecule has 2 aromatic rings. The molecule has 2 rings (SSSR count).